The summed E-state index contributed by atoms with van der Waals surface area (Å²) in [4.78, 5) is 41.7. The van der Waals surface area contributed by atoms with E-state index >= 15 is 0 Å². The van der Waals surface area contributed by atoms with Crippen LogP contribution < -0.4 is 16.4 Å². The van der Waals surface area contributed by atoms with E-state index in [2.05, 4.69) is 15.6 Å². The number of carbonyl (C=O) groups excluding carboxylic acids is 3. The number of aryl methyl sites for hydroxylation is 3. The zero-order valence-electron chi connectivity index (χ0n) is 18.8. The maximum atomic E-state index is 13.1. The number of para-hydroxylation sites is 1. The molecule has 8 nitrogen and oxygen atoms in total. The summed E-state index contributed by atoms with van der Waals surface area (Å²) in [5, 5.41) is 6.36. The number of fused-ring (bicyclic) bond motifs is 1. The number of H-pyrrole nitrogens is 1. The van der Waals surface area contributed by atoms with Crippen LogP contribution in [0.3, 0.4) is 0 Å². The van der Waals surface area contributed by atoms with E-state index in [-0.39, 0.29) is 18.9 Å². The first-order valence-electron chi connectivity index (χ1n) is 10.4. The van der Waals surface area contributed by atoms with Crippen LogP contribution in [-0.2, 0) is 16.0 Å². The van der Waals surface area contributed by atoms with Crippen LogP contribution in [0.15, 0.2) is 42.6 Å². The molecule has 1 atom stereocenters. The third-order valence-corrected chi connectivity index (χ3v) is 5.41. The summed E-state index contributed by atoms with van der Waals surface area (Å²) in [5.41, 5.74) is 10.9. The Kier molecular flexibility index (Phi) is 6.82. The molecule has 3 rings (SSSR count). The van der Waals surface area contributed by atoms with Crippen LogP contribution in [0.5, 0.6) is 0 Å². The van der Waals surface area contributed by atoms with E-state index in [1.54, 1.807) is 0 Å². The predicted octanol–water partition coefficient (Wildman–Crippen LogP) is 2.77. The first kappa shape index (κ1) is 22.9. The minimum absolute atomic E-state index is 0.156. The van der Waals surface area contributed by atoms with Crippen molar-refractivity contribution in [2.24, 2.45) is 5.73 Å². The van der Waals surface area contributed by atoms with Crippen molar-refractivity contribution in [1.82, 2.24) is 15.2 Å². The minimum Gasteiger partial charge on any atom is -0.361 e. The summed E-state index contributed by atoms with van der Waals surface area (Å²) in [7, 11) is 1.53. The lowest BCUT2D eigenvalue weighted by Crippen LogP contribution is -2.51. The maximum Gasteiger partial charge on any atom is 0.312 e. The SMILES string of the molecule is Cc1cc(C)c(NC(=O)CN(C)C(=O)[C@@H](Cc2c[nH]c3ccccc23)NC(N)=O)c(C)c1. The van der Waals surface area contributed by atoms with Crippen molar-refractivity contribution in [3.63, 3.8) is 0 Å². The van der Waals surface area contributed by atoms with Gasteiger partial charge in [0.1, 0.15) is 6.04 Å². The Hall–Kier alpha value is -3.81. The molecular weight excluding hydrogens is 406 g/mol. The Labute approximate surface area is 187 Å². The predicted molar refractivity (Wildman–Crippen MR) is 125 cm³/mol. The van der Waals surface area contributed by atoms with Crippen LogP contribution in [0.25, 0.3) is 10.9 Å². The maximum absolute atomic E-state index is 13.1. The van der Waals surface area contributed by atoms with Gasteiger partial charge >= 0.3 is 6.03 Å². The van der Waals surface area contributed by atoms with Gasteiger partial charge in [-0.05, 0) is 43.5 Å². The number of aromatic nitrogens is 1. The fourth-order valence-corrected chi connectivity index (χ4v) is 4.01. The molecule has 0 fully saturated rings. The highest BCUT2D eigenvalue weighted by Crippen LogP contribution is 2.22. The Morgan fingerprint density at radius 3 is 2.41 bits per heavy atom. The topological polar surface area (TPSA) is 120 Å². The second kappa shape index (κ2) is 9.55. The Balaban J connectivity index is 1.72. The molecule has 0 spiro atoms. The second-order valence-electron chi connectivity index (χ2n) is 8.14. The van der Waals surface area contributed by atoms with Gasteiger partial charge < -0.3 is 26.3 Å². The molecule has 0 bridgehead atoms. The van der Waals surface area contributed by atoms with Crippen molar-refractivity contribution >= 4 is 34.4 Å². The highest BCUT2D eigenvalue weighted by atomic mass is 16.2. The van der Waals surface area contributed by atoms with Gasteiger partial charge in [-0.1, -0.05) is 35.9 Å². The van der Waals surface area contributed by atoms with Crippen LogP contribution in [0.2, 0.25) is 0 Å². The number of nitrogens with one attached hydrogen (secondary N) is 3. The molecule has 0 radical (unpaired) electrons. The van der Waals surface area contributed by atoms with Crippen LogP contribution in [0, 0.1) is 20.8 Å². The molecule has 0 unspecified atom stereocenters. The molecule has 0 aliphatic heterocycles. The van der Waals surface area contributed by atoms with E-state index in [0.29, 0.717) is 0 Å². The third-order valence-electron chi connectivity index (χ3n) is 5.41. The second-order valence-corrected chi connectivity index (χ2v) is 8.14. The summed E-state index contributed by atoms with van der Waals surface area (Å²) in [6, 6.07) is 9.98. The average Bonchev–Trinajstić information content (AvgIpc) is 3.12. The minimum atomic E-state index is -0.896. The lowest BCUT2D eigenvalue weighted by Gasteiger charge is -2.24. The number of primary amides is 1. The van der Waals surface area contributed by atoms with Gasteiger partial charge in [-0.25, -0.2) is 4.79 Å². The lowest BCUT2D eigenvalue weighted by atomic mass is 10.0. The molecule has 1 heterocycles. The van der Waals surface area contributed by atoms with E-state index in [4.69, 9.17) is 5.73 Å². The van der Waals surface area contributed by atoms with E-state index in [1.807, 2.05) is 63.4 Å². The molecule has 2 aromatic carbocycles. The van der Waals surface area contributed by atoms with Crippen molar-refractivity contribution < 1.29 is 14.4 Å². The molecule has 0 saturated carbocycles. The zero-order chi connectivity index (χ0) is 23.4. The van der Waals surface area contributed by atoms with Crippen molar-refractivity contribution in [3.8, 4) is 0 Å². The molecule has 0 saturated heterocycles. The van der Waals surface area contributed by atoms with Crippen LogP contribution in [0.4, 0.5) is 10.5 Å². The molecule has 32 heavy (non-hydrogen) atoms. The number of aromatic amines is 1. The average molecular weight is 436 g/mol. The molecule has 8 heteroatoms. The summed E-state index contributed by atoms with van der Waals surface area (Å²) in [5.74, 6) is -0.720. The first-order valence-corrected chi connectivity index (χ1v) is 10.4. The van der Waals surface area contributed by atoms with E-state index in [9.17, 15) is 14.4 Å². The largest absolute Gasteiger partial charge is 0.361 e. The van der Waals surface area contributed by atoms with Gasteiger partial charge in [0.15, 0.2) is 0 Å². The number of urea groups is 1. The van der Waals surface area contributed by atoms with Crippen LogP contribution >= 0.6 is 0 Å². The first-order chi connectivity index (χ1) is 15.2. The zero-order valence-corrected chi connectivity index (χ0v) is 18.8. The number of hydrogen-bond donors (Lipinski definition) is 4. The molecule has 3 aromatic rings. The highest BCUT2D eigenvalue weighted by molar-refractivity contribution is 5.97. The fraction of sp³-hybridized carbons (Fsp3) is 0.292. The van der Waals surface area contributed by atoms with Gasteiger partial charge in [-0.2, -0.15) is 0 Å². The summed E-state index contributed by atoms with van der Waals surface area (Å²) < 4.78 is 0. The molecule has 4 amide bonds. The molecule has 0 aliphatic carbocycles. The van der Waals surface area contributed by atoms with Gasteiger partial charge in [0.05, 0.1) is 6.54 Å². The quantitative estimate of drug-likeness (QED) is 0.457. The van der Waals surface area contributed by atoms with Crippen molar-refractivity contribution in [3.05, 3.63) is 64.8 Å². The molecular formula is C24H29N5O3. The number of hydrogen-bond acceptors (Lipinski definition) is 3. The normalized spacial score (nSPS) is 11.8. The van der Waals surface area contributed by atoms with E-state index < -0.39 is 18.0 Å². The monoisotopic (exact) mass is 435 g/mol. The van der Waals surface area contributed by atoms with Gasteiger partial charge in [0, 0.05) is 36.3 Å². The molecule has 0 aliphatic rings. The Bertz CT molecular complexity index is 1140. The number of nitrogens with two attached hydrogens (primary N) is 1. The van der Waals surface area contributed by atoms with Gasteiger partial charge in [0.25, 0.3) is 0 Å². The Morgan fingerprint density at radius 2 is 1.75 bits per heavy atom. The summed E-state index contributed by atoms with van der Waals surface area (Å²) in [6.07, 6.45) is 2.05. The third kappa shape index (κ3) is 5.26. The van der Waals surface area contributed by atoms with Gasteiger partial charge in [0.2, 0.25) is 11.8 Å². The molecule has 1 aromatic heterocycles. The van der Waals surface area contributed by atoms with Crippen molar-refractivity contribution in [2.75, 3.05) is 18.9 Å². The lowest BCUT2D eigenvalue weighted by molar-refractivity contribution is -0.134. The number of rotatable bonds is 7. The number of nitrogens with zero attached hydrogens (tertiary/aromatic N) is 1. The van der Waals surface area contributed by atoms with Crippen LogP contribution in [0.1, 0.15) is 22.3 Å². The Morgan fingerprint density at radius 1 is 1.09 bits per heavy atom. The van der Waals surface area contributed by atoms with Crippen molar-refractivity contribution in [1.29, 1.82) is 0 Å². The smallest absolute Gasteiger partial charge is 0.312 e. The number of anilines is 1. The number of benzene rings is 2. The molecule has 5 N–H and O–H groups in total. The van der Waals surface area contributed by atoms with Crippen molar-refractivity contribution in [2.45, 2.75) is 33.2 Å². The molecule has 168 valence electrons. The number of carbonyl (C=O) groups is 3. The van der Waals surface area contributed by atoms with E-state index in [0.717, 1.165) is 38.8 Å². The van der Waals surface area contributed by atoms with Gasteiger partial charge in [-0.15, -0.1) is 0 Å². The number of likely N-dealkylation sites (N-methyl/N-ethyl adjacent to an activating group) is 1. The summed E-state index contributed by atoms with van der Waals surface area (Å²) >= 11 is 0. The fourth-order valence-electron chi connectivity index (χ4n) is 4.01. The number of amides is 4. The highest BCUT2D eigenvalue weighted by Gasteiger charge is 2.26. The van der Waals surface area contributed by atoms with E-state index in [1.165, 1.54) is 11.9 Å². The standard InChI is InChI=1S/C24H29N5O3/c1-14-9-15(2)22(16(3)10-14)28-21(30)13-29(4)23(31)20(27-24(25)32)11-17-12-26-19-8-6-5-7-18(17)19/h5-10,12,20,26H,11,13H2,1-4H3,(H,28,30)(H3,25,27,32)/t20-/m1/s1. The summed E-state index contributed by atoms with van der Waals surface area (Å²) in [6.45, 7) is 5.70. The van der Waals surface area contributed by atoms with Gasteiger partial charge in [-0.3, -0.25) is 9.59 Å². The van der Waals surface area contributed by atoms with Crippen LogP contribution in [-0.4, -0.2) is 47.4 Å².